The van der Waals surface area contributed by atoms with Crippen LogP contribution in [-0.4, -0.2) is 31.4 Å². The van der Waals surface area contributed by atoms with E-state index in [9.17, 15) is 9.59 Å². The summed E-state index contributed by atoms with van der Waals surface area (Å²) in [4.78, 5) is 24.2. The smallest absolute Gasteiger partial charge is 0.465 e. The van der Waals surface area contributed by atoms with Crippen molar-refractivity contribution in [3.05, 3.63) is 0 Å². The third-order valence-electron chi connectivity index (χ3n) is 3.95. The number of carbonyl (C=O) groups is 2. The van der Waals surface area contributed by atoms with Gasteiger partial charge in [0.15, 0.2) is 0 Å². The number of hydrogen-bond donors (Lipinski definition) is 0. The van der Waals surface area contributed by atoms with Crippen LogP contribution in [0, 0.1) is 5.41 Å². The van der Waals surface area contributed by atoms with Crippen molar-refractivity contribution in [1.29, 1.82) is 0 Å². The second-order valence-electron chi connectivity index (χ2n) is 5.53. The molecule has 0 bridgehead atoms. The fraction of sp³-hybridized carbons (Fsp3) is 0.882. The lowest BCUT2D eigenvalue weighted by atomic mass is 9.74. The van der Waals surface area contributed by atoms with Gasteiger partial charge in [0.25, 0.3) is 0 Å². The summed E-state index contributed by atoms with van der Waals surface area (Å²) in [6.07, 6.45) is 3.74. The maximum atomic E-state index is 12.6. The van der Waals surface area contributed by atoms with E-state index in [2.05, 4.69) is 13.8 Å². The zero-order valence-electron chi connectivity index (χ0n) is 14.8. The Morgan fingerprint density at radius 3 is 1.82 bits per heavy atom. The van der Waals surface area contributed by atoms with Gasteiger partial charge in [-0.25, -0.2) is 4.79 Å². The van der Waals surface area contributed by atoms with Crippen LogP contribution < -0.4 is 0 Å². The molecule has 0 spiro atoms. The van der Waals surface area contributed by atoms with Crippen molar-refractivity contribution >= 4 is 12.1 Å². The highest BCUT2D eigenvalue weighted by Gasteiger charge is 2.46. The molecule has 5 heteroatoms. The highest BCUT2D eigenvalue weighted by atomic mass is 16.7. The molecule has 1 atom stereocenters. The minimum atomic E-state index is -0.783. The first-order valence-electron chi connectivity index (χ1n) is 8.49. The van der Waals surface area contributed by atoms with Gasteiger partial charge in [-0.3, -0.25) is 4.79 Å². The Hall–Kier alpha value is -1.26. The van der Waals surface area contributed by atoms with Crippen molar-refractivity contribution in [2.75, 3.05) is 13.2 Å². The molecule has 0 saturated carbocycles. The maximum Gasteiger partial charge on any atom is 0.508 e. The minimum absolute atomic E-state index is 0.252. The van der Waals surface area contributed by atoms with E-state index in [-0.39, 0.29) is 12.6 Å². The molecule has 0 aliphatic carbocycles. The van der Waals surface area contributed by atoms with Crippen LogP contribution in [0.5, 0.6) is 0 Å². The number of ether oxygens (including phenoxy) is 3. The van der Waals surface area contributed by atoms with Gasteiger partial charge in [-0.1, -0.05) is 39.5 Å². The van der Waals surface area contributed by atoms with E-state index in [1.165, 1.54) is 0 Å². The van der Waals surface area contributed by atoms with Crippen molar-refractivity contribution in [2.24, 2.45) is 5.41 Å². The van der Waals surface area contributed by atoms with Gasteiger partial charge in [0.05, 0.1) is 13.2 Å². The number of unbranched alkanes of at least 4 members (excludes halogenated alkanes) is 2. The van der Waals surface area contributed by atoms with Gasteiger partial charge in [0.1, 0.15) is 11.5 Å². The van der Waals surface area contributed by atoms with Gasteiger partial charge in [-0.05, 0) is 33.6 Å². The normalized spacial score (nSPS) is 12.6. The fourth-order valence-corrected chi connectivity index (χ4v) is 2.57. The molecule has 130 valence electrons. The molecule has 0 aliphatic heterocycles. The first kappa shape index (κ1) is 20.7. The van der Waals surface area contributed by atoms with Crippen LogP contribution in [-0.2, 0) is 19.0 Å². The molecule has 0 heterocycles. The van der Waals surface area contributed by atoms with Gasteiger partial charge in [0, 0.05) is 0 Å². The third-order valence-corrected chi connectivity index (χ3v) is 3.95. The minimum Gasteiger partial charge on any atom is -0.465 e. The van der Waals surface area contributed by atoms with Crippen LogP contribution in [0.2, 0.25) is 0 Å². The first-order valence-corrected chi connectivity index (χ1v) is 8.49. The summed E-state index contributed by atoms with van der Waals surface area (Å²) in [7, 11) is 0. The number of rotatable bonds is 11. The Balaban J connectivity index is 5.27. The Morgan fingerprint density at radius 2 is 1.41 bits per heavy atom. The van der Waals surface area contributed by atoms with E-state index >= 15 is 0 Å². The van der Waals surface area contributed by atoms with Crippen molar-refractivity contribution in [3.63, 3.8) is 0 Å². The summed E-state index contributed by atoms with van der Waals surface area (Å²) in [6, 6.07) is 0. The molecular weight excluding hydrogens is 284 g/mol. The lowest BCUT2D eigenvalue weighted by Gasteiger charge is -2.36. The molecule has 0 amide bonds. The van der Waals surface area contributed by atoms with Crippen LogP contribution in [0.25, 0.3) is 0 Å². The molecule has 5 nitrogen and oxygen atoms in total. The Bertz CT molecular complexity index is 319. The largest absolute Gasteiger partial charge is 0.508 e. The van der Waals surface area contributed by atoms with Gasteiger partial charge >= 0.3 is 12.1 Å². The highest BCUT2D eigenvalue weighted by molar-refractivity contribution is 5.78. The van der Waals surface area contributed by atoms with Crippen LogP contribution in [0.4, 0.5) is 4.79 Å². The number of esters is 1. The quantitative estimate of drug-likeness (QED) is 0.526. The third kappa shape index (κ3) is 6.24. The molecule has 22 heavy (non-hydrogen) atoms. The van der Waals surface area contributed by atoms with E-state index < -0.39 is 17.7 Å². The Morgan fingerprint density at radius 1 is 0.909 bits per heavy atom. The molecule has 0 fully saturated rings. The monoisotopic (exact) mass is 316 g/mol. The standard InChI is InChI=1S/C17H32O5/c1-6-10-12-17(13-11-7-2,15(18)20-8-3)14(5)22-16(19)21-9-4/h14H,6-13H2,1-5H3. The molecule has 0 N–H and O–H groups in total. The lowest BCUT2D eigenvalue weighted by molar-refractivity contribution is -0.165. The first-order chi connectivity index (χ1) is 10.5. The van der Waals surface area contributed by atoms with Crippen molar-refractivity contribution in [3.8, 4) is 0 Å². The van der Waals surface area contributed by atoms with Crippen molar-refractivity contribution in [2.45, 2.75) is 79.2 Å². The van der Waals surface area contributed by atoms with Gasteiger partial charge < -0.3 is 14.2 Å². The molecule has 0 aromatic heterocycles. The Labute approximate surface area is 134 Å². The molecular formula is C17H32O5. The van der Waals surface area contributed by atoms with E-state index in [0.29, 0.717) is 19.4 Å². The summed E-state index contributed by atoms with van der Waals surface area (Å²) in [5.74, 6) is -0.270. The lowest BCUT2D eigenvalue weighted by Crippen LogP contribution is -2.44. The second-order valence-corrected chi connectivity index (χ2v) is 5.53. The molecule has 1 unspecified atom stereocenters. The maximum absolute atomic E-state index is 12.6. The molecule has 0 saturated heterocycles. The number of carbonyl (C=O) groups excluding carboxylic acids is 2. The second kappa shape index (κ2) is 11.3. The average molecular weight is 316 g/mol. The summed E-state index contributed by atoms with van der Waals surface area (Å²) in [5.41, 5.74) is -0.783. The van der Waals surface area contributed by atoms with Gasteiger partial charge in [0.2, 0.25) is 0 Å². The van der Waals surface area contributed by atoms with Crippen molar-refractivity contribution < 1.29 is 23.8 Å². The summed E-state index contributed by atoms with van der Waals surface area (Å²) in [6.45, 7) is 10.0. The molecule has 0 aromatic carbocycles. The molecule has 0 aliphatic rings. The molecule has 0 radical (unpaired) electrons. The average Bonchev–Trinajstić information content (AvgIpc) is 2.48. The van der Waals surface area contributed by atoms with Gasteiger partial charge in [-0.2, -0.15) is 0 Å². The van der Waals surface area contributed by atoms with E-state index in [0.717, 1.165) is 25.7 Å². The summed E-state index contributed by atoms with van der Waals surface area (Å²) >= 11 is 0. The van der Waals surface area contributed by atoms with Crippen LogP contribution in [0.3, 0.4) is 0 Å². The highest BCUT2D eigenvalue weighted by Crippen LogP contribution is 2.38. The predicted octanol–water partition coefficient (Wildman–Crippen LogP) is 4.48. The van der Waals surface area contributed by atoms with Gasteiger partial charge in [-0.15, -0.1) is 0 Å². The predicted molar refractivity (Wildman–Crippen MR) is 85.7 cm³/mol. The van der Waals surface area contributed by atoms with Crippen LogP contribution in [0.1, 0.15) is 73.1 Å². The zero-order chi connectivity index (χ0) is 17.0. The summed E-state index contributed by atoms with van der Waals surface area (Å²) < 4.78 is 15.5. The van der Waals surface area contributed by atoms with Crippen LogP contribution >= 0.6 is 0 Å². The fourth-order valence-electron chi connectivity index (χ4n) is 2.57. The molecule has 0 aromatic rings. The molecule has 0 rings (SSSR count). The van der Waals surface area contributed by atoms with Crippen molar-refractivity contribution in [1.82, 2.24) is 0 Å². The SMILES string of the molecule is CCCCC(CCCC)(C(=O)OCC)C(C)OC(=O)OCC. The van der Waals surface area contributed by atoms with E-state index in [1.54, 1.807) is 20.8 Å². The number of hydrogen-bond acceptors (Lipinski definition) is 5. The van der Waals surface area contributed by atoms with Crippen LogP contribution in [0.15, 0.2) is 0 Å². The topological polar surface area (TPSA) is 61.8 Å². The zero-order valence-corrected chi connectivity index (χ0v) is 14.8. The Kier molecular flexibility index (Phi) is 10.7. The summed E-state index contributed by atoms with van der Waals surface area (Å²) in [5, 5.41) is 0. The van der Waals surface area contributed by atoms with E-state index in [1.807, 2.05) is 0 Å². The van der Waals surface area contributed by atoms with E-state index in [4.69, 9.17) is 14.2 Å².